The number of benzene rings is 2. The first-order chi connectivity index (χ1) is 11.8. The van der Waals surface area contributed by atoms with E-state index in [-0.39, 0.29) is 0 Å². The summed E-state index contributed by atoms with van der Waals surface area (Å²) in [7, 11) is 0. The number of nitrogens with one attached hydrogen (secondary N) is 2. The van der Waals surface area contributed by atoms with Gasteiger partial charge in [-0.15, -0.1) is 5.10 Å². The third-order valence-electron chi connectivity index (χ3n) is 3.55. The van der Waals surface area contributed by atoms with Gasteiger partial charge in [-0.1, -0.05) is 30.0 Å². The molecular formula is C17H16N4O2S. The van der Waals surface area contributed by atoms with Crippen LogP contribution >= 0.6 is 11.8 Å². The first kappa shape index (κ1) is 14.9. The number of H-pyrrole nitrogens is 1. The zero-order chi connectivity index (χ0) is 16.4. The molecule has 6 nitrogen and oxygen atoms in total. The normalized spacial score (nSPS) is 12.4. The lowest BCUT2D eigenvalue weighted by Crippen LogP contribution is -1.92. The summed E-state index contributed by atoms with van der Waals surface area (Å²) in [6.07, 6.45) is 0. The second-order valence-corrected chi connectivity index (χ2v) is 6.38. The zero-order valence-corrected chi connectivity index (χ0v) is 13.9. The van der Waals surface area contributed by atoms with E-state index in [9.17, 15) is 0 Å². The Morgan fingerprint density at radius 3 is 3.00 bits per heavy atom. The van der Waals surface area contributed by atoms with Crippen LogP contribution in [0.3, 0.4) is 0 Å². The van der Waals surface area contributed by atoms with Gasteiger partial charge in [0.2, 0.25) is 17.9 Å². The molecule has 0 spiro atoms. The molecule has 24 heavy (non-hydrogen) atoms. The molecule has 2 aromatic carbocycles. The van der Waals surface area contributed by atoms with Gasteiger partial charge in [-0.3, -0.25) is 0 Å². The summed E-state index contributed by atoms with van der Waals surface area (Å²) in [5.41, 5.74) is 3.32. The molecule has 0 saturated carbocycles. The minimum atomic E-state index is 0.293. The highest BCUT2D eigenvalue weighted by molar-refractivity contribution is 7.98. The van der Waals surface area contributed by atoms with Crippen molar-refractivity contribution in [2.24, 2.45) is 0 Å². The van der Waals surface area contributed by atoms with Gasteiger partial charge < -0.3 is 14.8 Å². The van der Waals surface area contributed by atoms with Crippen LogP contribution in [0.1, 0.15) is 11.1 Å². The third-order valence-corrected chi connectivity index (χ3v) is 4.47. The second-order valence-electron chi connectivity index (χ2n) is 5.44. The fourth-order valence-corrected chi connectivity index (χ4v) is 3.15. The van der Waals surface area contributed by atoms with Crippen LogP contribution in [0.2, 0.25) is 0 Å². The van der Waals surface area contributed by atoms with Crippen molar-refractivity contribution < 1.29 is 9.47 Å². The van der Waals surface area contributed by atoms with Crippen molar-refractivity contribution in [3.63, 3.8) is 0 Å². The number of ether oxygens (including phenoxy) is 2. The summed E-state index contributed by atoms with van der Waals surface area (Å²) in [6.45, 7) is 2.35. The second kappa shape index (κ2) is 6.45. The summed E-state index contributed by atoms with van der Waals surface area (Å²) in [6, 6.07) is 14.1. The van der Waals surface area contributed by atoms with Crippen LogP contribution in [0, 0.1) is 6.92 Å². The molecule has 1 aliphatic rings. The topological polar surface area (TPSA) is 72.1 Å². The average molecular weight is 340 g/mol. The number of rotatable bonds is 5. The molecule has 122 valence electrons. The predicted molar refractivity (Wildman–Crippen MR) is 93.0 cm³/mol. The lowest BCUT2D eigenvalue weighted by molar-refractivity contribution is 0.174. The minimum Gasteiger partial charge on any atom is -0.454 e. The van der Waals surface area contributed by atoms with Crippen molar-refractivity contribution in [3.05, 3.63) is 53.6 Å². The Bertz CT molecular complexity index is 865. The lowest BCUT2D eigenvalue weighted by atomic mass is 10.2. The van der Waals surface area contributed by atoms with Crippen molar-refractivity contribution in [1.29, 1.82) is 0 Å². The number of thioether (sulfide) groups is 1. The van der Waals surface area contributed by atoms with E-state index in [1.165, 1.54) is 5.56 Å². The van der Waals surface area contributed by atoms with E-state index in [0.29, 0.717) is 17.9 Å². The number of aryl methyl sites for hydroxylation is 1. The quantitative estimate of drug-likeness (QED) is 0.687. The molecule has 1 aliphatic heterocycles. The van der Waals surface area contributed by atoms with E-state index >= 15 is 0 Å². The predicted octanol–water partition coefficient (Wildman–Crippen LogP) is 3.88. The van der Waals surface area contributed by atoms with Gasteiger partial charge in [-0.25, -0.2) is 5.10 Å². The van der Waals surface area contributed by atoms with Gasteiger partial charge in [-0.2, -0.15) is 4.98 Å². The molecule has 0 saturated heterocycles. The summed E-state index contributed by atoms with van der Waals surface area (Å²) in [4.78, 5) is 4.45. The Labute approximate surface area is 143 Å². The highest BCUT2D eigenvalue weighted by Crippen LogP contribution is 2.34. The van der Waals surface area contributed by atoms with Crippen LogP contribution in [0.4, 0.5) is 11.6 Å². The molecule has 0 fully saturated rings. The Morgan fingerprint density at radius 2 is 2.08 bits per heavy atom. The number of aromatic amines is 1. The van der Waals surface area contributed by atoms with E-state index in [0.717, 1.165) is 28.5 Å². The minimum absolute atomic E-state index is 0.293. The van der Waals surface area contributed by atoms with Crippen molar-refractivity contribution in [1.82, 2.24) is 15.2 Å². The average Bonchev–Trinajstić information content (AvgIpc) is 3.21. The van der Waals surface area contributed by atoms with Crippen LogP contribution in [-0.4, -0.2) is 22.0 Å². The standard InChI is InChI=1S/C17H16N4O2S/c1-11-3-2-4-13(7-11)18-16-19-17(21-20-16)24-9-12-5-6-14-15(8-12)23-10-22-14/h2-8H,9-10H2,1H3,(H2,18,19,20,21). The monoisotopic (exact) mass is 340 g/mol. The van der Waals surface area contributed by atoms with Gasteiger partial charge >= 0.3 is 0 Å². The maximum Gasteiger partial charge on any atom is 0.231 e. The van der Waals surface area contributed by atoms with Gasteiger partial charge in [0.1, 0.15) is 0 Å². The number of hydrogen-bond acceptors (Lipinski definition) is 6. The van der Waals surface area contributed by atoms with Crippen molar-refractivity contribution in [2.75, 3.05) is 12.1 Å². The smallest absolute Gasteiger partial charge is 0.231 e. The number of fused-ring (bicyclic) bond motifs is 1. The lowest BCUT2D eigenvalue weighted by Gasteiger charge is -2.02. The van der Waals surface area contributed by atoms with Crippen LogP contribution in [-0.2, 0) is 5.75 Å². The summed E-state index contributed by atoms with van der Waals surface area (Å²) in [5, 5.41) is 11.1. The molecule has 2 N–H and O–H groups in total. The third kappa shape index (κ3) is 3.30. The first-order valence-electron chi connectivity index (χ1n) is 7.54. The molecule has 4 rings (SSSR count). The Balaban J connectivity index is 1.38. The molecule has 3 aromatic rings. The van der Waals surface area contributed by atoms with Gasteiger partial charge in [0.15, 0.2) is 11.5 Å². The Kier molecular flexibility index (Phi) is 4.00. The molecule has 7 heteroatoms. The van der Waals surface area contributed by atoms with E-state index in [4.69, 9.17) is 9.47 Å². The zero-order valence-electron chi connectivity index (χ0n) is 13.1. The number of nitrogens with zero attached hydrogens (tertiary/aromatic N) is 2. The molecule has 0 radical (unpaired) electrons. The SMILES string of the molecule is Cc1cccc(Nc2nc(SCc3ccc4c(c3)OCO4)n[nH]2)c1. The highest BCUT2D eigenvalue weighted by Gasteiger charge is 2.13. The Morgan fingerprint density at radius 1 is 1.17 bits per heavy atom. The summed E-state index contributed by atoms with van der Waals surface area (Å²) in [5.74, 6) is 2.99. The van der Waals surface area contributed by atoms with E-state index in [2.05, 4.69) is 39.6 Å². The highest BCUT2D eigenvalue weighted by atomic mass is 32.2. The van der Waals surface area contributed by atoms with Gasteiger partial charge in [0.25, 0.3) is 0 Å². The molecule has 0 aliphatic carbocycles. The fraction of sp³-hybridized carbons (Fsp3) is 0.176. The van der Waals surface area contributed by atoms with Gasteiger partial charge in [-0.05, 0) is 42.3 Å². The summed E-state index contributed by atoms with van der Waals surface area (Å²) < 4.78 is 10.7. The van der Waals surface area contributed by atoms with E-state index in [1.807, 2.05) is 30.3 Å². The van der Waals surface area contributed by atoms with Crippen molar-refractivity contribution >= 4 is 23.4 Å². The van der Waals surface area contributed by atoms with Crippen LogP contribution in [0.15, 0.2) is 47.6 Å². The van der Waals surface area contributed by atoms with Gasteiger partial charge in [0, 0.05) is 11.4 Å². The Hall–Kier alpha value is -2.67. The maximum absolute atomic E-state index is 5.39. The van der Waals surface area contributed by atoms with E-state index in [1.54, 1.807) is 11.8 Å². The molecular weight excluding hydrogens is 324 g/mol. The van der Waals surface area contributed by atoms with Crippen molar-refractivity contribution in [3.8, 4) is 11.5 Å². The largest absolute Gasteiger partial charge is 0.454 e. The maximum atomic E-state index is 5.39. The molecule has 1 aromatic heterocycles. The summed E-state index contributed by atoms with van der Waals surface area (Å²) >= 11 is 1.56. The van der Waals surface area contributed by atoms with Crippen molar-refractivity contribution in [2.45, 2.75) is 17.8 Å². The van der Waals surface area contributed by atoms with E-state index < -0.39 is 0 Å². The molecule has 0 bridgehead atoms. The molecule has 0 amide bonds. The van der Waals surface area contributed by atoms with Gasteiger partial charge in [0.05, 0.1) is 0 Å². The first-order valence-corrected chi connectivity index (χ1v) is 8.52. The molecule has 0 atom stereocenters. The number of aromatic nitrogens is 3. The molecule has 0 unspecified atom stereocenters. The van der Waals surface area contributed by atoms with Crippen LogP contribution in [0.5, 0.6) is 11.5 Å². The van der Waals surface area contributed by atoms with Crippen LogP contribution < -0.4 is 14.8 Å². The number of anilines is 2. The van der Waals surface area contributed by atoms with Crippen LogP contribution in [0.25, 0.3) is 0 Å². The number of hydrogen-bond donors (Lipinski definition) is 2. The fourth-order valence-electron chi connectivity index (χ4n) is 2.41. The molecule has 2 heterocycles.